The first-order valence-corrected chi connectivity index (χ1v) is 9.71. The molecule has 0 unspecified atom stereocenters. The van der Waals surface area contributed by atoms with Crippen molar-refractivity contribution in [3.05, 3.63) is 50.1 Å². The first kappa shape index (κ1) is 17.6. The third kappa shape index (κ3) is 3.16. The summed E-state index contributed by atoms with van der Waals surface area (Å²) in [5.74, 6) is 0.749. The Bertz CT molecular complexity index is 899. The molecule has 138 valence electrons. The van der Waals surface area contributed by atoms with E-state index in [0.29, 0.717) is 35.3 Å². The van der Waals surface area contributed by atoms with Crippen LogP contribution in [0.2, 0.25) is 10.0 Å². The van der Waals surface area contributed by atoms with E-state index in [2.05, 4.69) is 5.10 Å². The van der Waals surface area contributed by atoms with Crippen molar-refractivity contribution in [1.29, 1.82) is 0 Å². The molecule has 8 heteroatoms. The van der Waals surface area contributed by atoms with E-state index in [1.807, 2.05) is 11.0 Å². The van der Waals surface area contributed by atoms with Gasteiger partial charge in [-0.15, -0.1) is 0 Å². The molecule has 26 heavy (non-hydrogen) atoms. The number of fused-ring (bicyclic) bond motifs is 1. The average molecular weight is 395 g/mol. The molecule has 0 radical (unpaired) electrons. The number of halogens is 2. The molecule has 1 atom stereocenters. The van der Waals surface area contributed by atoms with Crippen molar-refractivity contribution in [3.8, 4) is 0 Å². The second-order valence-corrected chi connectivity index (χ2v) is 7.73. The summed E-state index contributed by atoms with van der Waals surface area (Å²) in [5, 5.41) is 5.40. The minimum absolute atomic E-state index is 0.0552. The molecular weight excluding hydrogens is 375 g/mol. The zero-order valence-electron chi connectivity index (χ0n) is 14.3. The van der Waals surface area contributed by atoms with Crippen molar-refractivity contribution in [2.75, 3.05) is 13.1 Å². The monoisotopic (exact) mass is 394 g/mol. The van der Waals surface area contributed by atoms with Crippen LogP contribution >= 0.6 is 23.2 Å². The molecule has 0 saturated carbocycles. The predicted octanol–water partition coefficient (Wildman–Crippen LogP) is 2.90. The van der Waals surface area contributed by atoms with Crippen molar-refractivity contribution in [2.24, 2.45) is 0 Å². The van der Waals surface area contributed by atoms with Gasteiger partial charge >= 0.3 is 5.69 Å². The molecular formula is C18H20Cl2N4O2. The van der Waals surface area contributed by atoms with Crippen LogP contribution in [0.5, 0.6) is 0 Å². The zero-order valence-corrected chi connectivity index (χ0v) is 15.8. The lowest BCUT2D eigenvalue weighted by atomic mass is 10.0. The van der Waals surface area contributed by atoms with Crippen LogP contribution in [0, 0.1) is 0 Å². The Labute approximate surface area is 161 Å². The summed E-state index contributed by atoms with van der Waals surface area (Å²) in [6.07, 6.45) is 4.36. The second-order valence-electron chi connectivity index (χ2n) is 6.92. The third-order valence-electron chi connectivity index (χ3n) is 5.15. The lowest BCUT2D eigenvalue weighted by Crippen LogP contribution is -2.41. The normalized spacial score (nSPS) is 19.6. The number of hydrogen-bond donors (Lipinski definition) is 0. The molecule has 1 aromatic carbocycles. The topological polar surface area (TPSA) is 60.1 Å². The van der Waals surface area contributed by atoms with E-state index in [4.69, 9.17) is 23.2 Å². The standard InChI is InChI=1S/C18H20Cl2N4O2/c19-13-7-6-12(10-14(13)20)11-23-18(26)24-15(4-3-5-16(24)21-23)17(25)22-8-1-2-9-22/h6-7,10,15H,1-5,8-9,11H2/t15-/m1/s1. The second kappa shape index (κ2) is 7.08. The van der Waals surface area contributed by atoms with E-state index in [1.54, 1.807) is 16.7 Å². The fraction of sp³-hybridized carbons (Fsp3) is 0.500. The van der Waals surface area contributed by atoms with Crippen LogP contribution in [0.3, 0.4) is 0 Å². The summed E-state index contributed by atoms with van der Waals surface area (Å²) in [6.45, 7) is 1.88. The molecule has 6 nitrogen and oxygen atoms in total. The van der Waals surface area contributed by atoms with Crippen molar-refractivity contribution >= 4 is 29.1 Å². The van der Waals surface area contributed by atoms with E-state index in [0.717, 1.165) is 37.9 Å². The molecule has 0 aliphatic carbocycles. The first-order chi connectivity index (χ1) is 12.5. The molecule has 0 N–H and O–H groups in total. The molecule has 4 rings (SSSR count). The van der Waals surface area contributed by atoms with Crippen molar-refractivity contribution < 1.29 is 4.79 Å². The van der Waals surface area contributed by atoms with Crippen LogP contribution in [-0.2, 0) is 17.8 Å². The summed E-state index contributed by atoms with van der Waals surface area (Å²) in [4.78, 5) is 27.7. The van der Waals surface area contributed by atoms with Gasteiger partial charge in [0.25, 0.3) is 0 Å². The van der Waals surface area contributed by atoms with E-state index < -0.39 is 6.04 Å². The Morgan fingerprint density at radius 3 is 2.65 bits per heavy atom. The number of carbonyl (C=O) groups is 1. The highest BCUT2D eigenvalue weighted by Gasteiger charge is 2.34. The minimum atomic E-state index is -0.424. The van der Waals surface area contributed by atoms with Crippen LogP contribution in [0.15, 0.2) is 23.0 Å². The quantitative estimate of drug-likeness (QED) is 0.803. The number of amides is 1. The minimum Gasteiger partial charge on any atom is -0.341 e. The molecule has 2 aliphatic heterocycles. The largest absolute Gasteiger partial charge is 0.346 e. The molecule has 1 fully saturated rings. The molecule has 2 aromatic rings. The number of rotatable bonds is 3. The fourth-order valence-electron chi connectivity index (χ4n) is 3.83. The molecule has 1 aromatic heterocycles. The van der Waals surface area contributed by atoms with Gasteiger partial charge in [0.05, 0.1) is 16.6 Å². The number of aryl methyl sites for hydroxylation is 1. The summed E-state index contributed by atoms with van der Waals surface area (Å²) >= 11 is 12.0. The Morgan fingerprint density at radius 1 is 1.15 bits per heavy atom. The van der Waals surface area contributed by atoms with Gasteiger partial charge in [-0.1, -0.05) is 29.3 Å². The highest BCUT2D eigenvalue weighted by atomic mass is 35.5. The summed E-state index contributed by atoms with van der Waals surface area (Å²) in [5.41, 5.74) is 0.614. The van der Waals surface area contributed by atoms with Crippen molar-refractivity contribution in [2.45, 2.75) is 44.7 Å². The summed E-state index contributed by atoms with van der Waals surface area (Å²) in [6, 6.07) is 4.85. The number of carbonyl (C=O) groups excluding carboxylic acids is 1. The van der Waals surface area contributed by atoms with Gasteiger partial charge in [0.1, 0.15) is 11.9 Å². The first-order valence-electron chi connectivity index (χ1n) is 8.95. The maximum Gasteiger partial charge on any atom is 0.346 e. The van der Waals surface area contributed by atoms with Gasteiger partial charge < -0.3 is 4.90 Å². The van der Waals surface area contributed by atoms with Crippen molar-refractivity contribution in [3.63, 3.8) is 0 Å². The van der Waals surface area contributed by atoms with Crippen LogP contribution in [0.4, 0.5) is 0 Å². The molecule has 0 spiro atoms. The molecule has 2 aliphatic rings. The van der Waals surface area contributed by atoms with Crippen LogP contribution in [0.25, 0.3) is 0 Å². The van der Waals surface area contributed by atoms with Gasteiger partial charge in [-0.05, 0) is 43.4 Å². The highest BCUT2D eigenvalue weighted by molar-refractivity contribution is 6.42. The Hall–Kier alpha value is -1.79. The van der Waals surface area contributed by atoms with Gasteiger partial charge in [-0.2, -0.15) is 5.10 Å². The zero-order chi connectivity index (χ0) is 18.3. The van der Waals surface area contributed by atoms with E-state index >= 15 is 0 Å². The number of likely N-dealkylation sites (tertiary alicyclic amines) is 1. The van der Waals surface area contributed by atoms with Gasteiger partial charge in [-0.25, -0.2) is 9.48 Å². The average Bonchev–Trinajstić information content (AvgIpc) is 3.27. The smallest absolute Gasteiger partial charge is 0.341 e. The summed E-state index contributed by atoms with van der Waals surface area (Å²) < 4.78 is 3.02. The maximum atomic E-state index is 12.9. The van der Waals surface area contributed by atoms with E-state index in [1.165, 1.54) is 4.68 Å². The van der Waals surface area contributed by atoms with Crippen LogP contribution in [-0.4, -0.2) is 38.2 Å². The van der Waals surface area contributed by atoms with Gasteiger partial charge in [0.15, 0.2) is 0 Å². The number of aromatic nitrogens is 3. The Morgan fingerprint density at radius 2 is 1.92 bits per heavy atom. The van der Waals surface area contributed by atoms with E-state index in [-0.39, 0.29) is 11.6 Å². The number of benzene rings is 1. The third-order valence-corrected chi connectivity index (χ3v) is 5.89. The summed E-state index contributed by atoms with van der Waals surface area (Å²) in [7, 11) is 0. The SMILES string of the molecule is O=C([C@H]1CCCc2nn(Cc3ccc(Cl)c(Cl)c3)c(=O)n21)N1CCCC1. The van der Waals surface area contributed by atoms with Gasteiger partial charge in [0.2, 0.25) is 5.91 Å². The molecule has 0 bridgehead atoms. The van der Waals surface area contributed by atoms with Gasteiger partial charge in [0, 0.05) is 19.5 Å². The maximum absolute atomic E-state index is 12.9. The van der Waals surface area contributed by atoms with E-state index in [9.17, 15) is 9.59 Å². The van der Waals surface area contributed by atoms with Crippen LogP contribution in [0.1, 0.15) is 43.1 Å². The highest BCUT2D eigenvalue weighted by Crippen LogP contribution is 2.26. The van der Waals surface area contributed by atoms with Gasteiger partial charge in [-0.3, -0.25) is 9.36 Å². The molecule has 3 heterocycles. The number of nitrogens with zero attached hydrogens (tertiary/aromatic N) is 4. The number of hydrogen-bond acceptors (Lipinski definition) is 3. The van der Waals surface area contributed by atoms with Crippen molar-refractivity contribution in [1.82, 2.24) is 19.2 Å². The Balaban J connectivity index is 1.64. The lowest BCUT2D eigenvalue weighted by molar-refractivity contribution is -0.134. The lowest BCUT2D eigenvalue weighted by Gasteiger charge is -2.27. The predicted molar refractivity (Wildman–Crippen MR) is 99.8 cm³/mol. The molecule has 1 amide bonds. The fourth-order valence-corrected chi connectivity index (χ4v) is 4.15. The Kier molecular flexibility index (Phi) is 4.80. The molecule has 1 saturated heterocycles. The van der Waals surface area contributed by atoms with Crippen LogP contribution < -0.4 is 5.69 Å².